The summed E-state index contributed by atoms with van der Waals surface area (Å²) < 4.78 is 0. The Balaban J connectivity index is 1.91. The summed E-state index contributed by atoms with van der Waals surface area (Å²) >= 11 is 0. The van der Waals surface area contributed by atoms with Crippen LogP contribution in [0.3, 0.4) is 0 Å². The lowest BCUT2D eigenvalue weighted by Crippen LogP contribution is -2.38. The Morgan fingerprint density at radius 2 is 2.12 bits per heavy atom. The zero-order valence-corrected chi connectivity index (χ0v) is 9.69. The Morgan fingerprint density at radius 1 is 1.31 bits per heavy atom. The van der Waals surface area contributed by atoms with Gasteiger partial charge in [-0.05, 0) is 30.5 Å². The largest absolute Gasteiger partial charge is 0.352 e. The topological polar surface area (TPSA) is 40.5 Å². The highest BCUT2D eigenvalue weighted by Crippen LogP contribution is 2.02. The lowest BCUT2D eigenvalue weighted by molar-refractivity contribution is 0.478. The van der Waals surface area contributed by atoms with Crippen molar-refractivity contribution in [2.24, 2.45) is 4.99 Å². The molecule has 0 spiro atoms. The van der Waals surface area contributed by atoms with Crippen LogP contribution in [0.25, 0.3) is 0 Å². The Labute approximate surface area is 96.4 Å². The molecule has 0 saturated carbocycles. The van der Waals surface area contributed by atoms with Crippen molar-refractivity contribution in [2.45, 2.75) is 19.4 Å². The number of guanidine groups is 1. The first-order chi connectivity index (χ1) is 7.86. The molecule has 0 aromatic carbocycles. The van der Waals surface area contributed by atoms with Gasteiger partial charge in [-0.15, -0.1) is 0 Å². The molecule has 4 heteroatoms. The molecule has 16 heavy (non-hydrogen) atoms. The molecule has 0 radical (unpaired) electrons. The second-order valence-corrected chi connectivity index (χ2v) is 4.04. The molecule has 0 bridgehead atoms. The maximum atomic E-state index is 4.54. The molecule has 1 aliphatic rings. The standard InChI is InChI=1S/C12H18N4/c1-16-9-3-2-6-14-12(16)15-10-11-4-7-13-8-5-11/h4-5,7-8H,2-3,6,9-10H2,1H3,(H,14,15). The predicted octanol–water partition coefficient (Wildman–Crippen LogP) is 1.25. The van der Waals surface area contributed by atoms with Gasteiger partial charge >= 0.3 is 0 Å². The van der Waals surface area contributed by atoms with Crippen LogP contribution in [0.2, 0.25) is 0 Å². The van der Waals surface area contributed by atoms with Gasteiger partial charge < -0.3 is 10.2 Å². The summed E-state index contributed by atoms with van der Waals surface area (Å²) in [6, 6.07) is 4.04. The van der Waals surface area contributed by atoms with Gasteiger partial charge in [0, 0.05) is 39.1 Å². The molecule has 2 rings (SSSR count). The minimum atomic E-state index is 0.811. The van der Waals surface area contributed by atoms with E-state index in [1.54, 1.807) is 0 Å². The molecule has 0 aliphatic carbocycles. The fraction of sp³-hybridized carbons (Fsp3) is 0.500. The molecule has 86 valence electrons. The van der Waals surface area contributed by atoms with Crippen LogP contribution in [0.1, 0.15) is 18.4 Å². The van der Waals surface area contributed by atoms with Gasteiger partial charge in [0.1, 0.15) is 0 Å². The van der Waals surface area contributed by atoms with Gasteiger partial charge in [0.25, 0.3) is 0 Å². The molecule has 1 N–H and O–H groups in total. The van der Waals surface area contributed by atoms with E-state index in [9.17, 15) is 0 Å². The van der Waals surface area contributed by atoms with Gasteiger partial charge in [0.2, 0.25) is 0 Å². The van der Waals surface area contributed by atoms with Gasteiger partial charge in [-0.25, -0.2) is 0 Å². The van der Waals surface area contributed by atoms with Crippen LogP contribution in [-0.2, 0) is 6.54 Å². The van der Waals surface area contributed by atoms with Gasteiger partial charge in [0.15, 0.2) is 5.96 Å². The third-order valence-electron chi connectivity index (χ3n) is 2.72. The fourth-order valence-electron chi connectivity index (χ4n) is 1.74. The quantitative estimate of drug-likeness (QED) is 0.812. The predicted molar refractivity (Wildman–Crippen MR) is 65.2 cm³/mol. The first kappa shape index (κ1) is 10.9. The average Bonchev–Trinajstić information content (AvgIpc) is 2.53. The zero-order valence-electron chi connectivity index (χ0n) is 9.69. The van der Waals surface area contributed by atoms with E-state index in [2.05, 4.69) is 27.2 Å². The molecular formula is C12H18N4. The smallest absolute Gasteiger partial charge is 0.193 e. The van der Waals surface area contributed by atoms with Crippen molar-refractivity contribution in [3.8, 4) is 0 Å². The molecule has 0 fully saturated rings. The minimum absolute atomic E-state index is 0.811. The SMILES string of the molecule is CN1CCCCN=C1NCc1ccncc1. The number of pyridine rings is 1. The van der Waals surface area contributed by atoms with Crippen molar-refractivity contribution in [3.63, 3.8) is 0 Å². The minimum Gasteiger partial charge on any atom is -0.352 e. The zero-order chi connectivity index (χ0) is 11.2. The average molecular weight is 218 g/mol. The van der Waals surface area contributed by atoms with Crippen LogP contribution >= 0.6 is 0 Å². The van der Waals surface area contributed by atoms with Crippen LogP contribution in [0.4, 0.5) is 0 Å². The summed E-state index contributed by atoms with van der Waals surface area (Å²) in [4.78, 5) is 10.7. The fourth-order valence-corrected chi connectivity index (χ4v) is 1.74. The van der Waals surface area contributed by atoms with E-state index < -0.39 is 0 Å². The molecule has 1 aliphatic heterocycles. The summed E-state index contributed by atoms with van der Waals surface area (Å²) in [6.45, 7) is 2.83. The third-order valence-corrected chi connectivity index (χ3v) is 2.72. The number of aliphatic imine (C=N–C) groups is 1. The van der Waals surface area contributed by atoms with Crippen LogP contribution in [0, 0.1) is 0 Å². The van der Waals surface area contributed by atoms with Gasteiger partial charge in [-0.2, -0.15) is 0 Å². The lowest BCUT2D eigenvalue weighted by atomic mass is 10.3. The first-order valence-electron chi connectivity index (χ1n) is 5.74. The van der Waals surface area contributed by atoms with Gasteiger partial charge in [-0.3, -0.25) is 9.98 Å². The number of nitrogens with one attached hydrogen (secondary N) is 1. The summed E-state index contributed by atoms with van der Waals surface area (Å²) in [5.74, 6) is 1.01. The summed E-state index contributed by atoms with van der Waals surface area (Å²) in [5.41, 5.74) is 1.23. The summed E-state index contributed by atoms with van der Waals surface area (Å²) in [7, 11) is 2.09. The van der Waals surface area contributed by atoms with Crippen molar-refractivity contribution in [1.29, 1.82) is 0 Å². The molecule has 1 aromatic rings. The monoisotopic (exact) mass is 218 g/mol. The summed E-state index contributed by atoms with van der Waals surface area (Å²) in [6.07, 6.45) is 6.04. The van der Waals surface area contributed by atoms with Gasteiger partial charge in [-0.1, -0.05) is 0 Å². The van der Waals surface area contributed by atoms with E-state index >= 15 is 0 Å². The highest BCUT2D eigenvalue weighted by atomic mass is 15.3. The molecule has 0 amide bonds. The van der Waals surface area contributed by atoms with E-state index in [-0.39, 0.29) is 0 Å². The van der Waals surface area contributed by atoms with Crippen LogP contribution in [0.5, 0.6) is 0 Å². The maximum absolute atomic E-state index is 4.54. The highest BCUT2D eigenvalue weighted by molar-refractivity contribution is 5.79. The number of aromatic nitrogens is 1. The second-order valence-electron chi connectivity index (χ2n) is 4.04. The first-order valence-corrected chi connectivity index (χ1v) is 5.74. The Morgan fingerprint density at radius 3 is 2.94 bits per heavy atom. The van der Waals surface area contributed by atoms with Crippen molar-refractivity contribution in [3.05, 3.63) is 30.1 Å². The molecule has 0 saturated heterocycles. The Hall–Kier alpha value is -1.58. The van der Waals surface area contributed by atoms with E-state index in [0.29, 0.717) is 0 Å². The molecular weight excluding hydrogens is 200 g/mol. The summed E-state index contributed by atoms with van der Waals surface area (Å²) in [5, 5.41) is 3.38. The van der Waals surface area contributed by atoms with Crippen LogP contribution in [-0.4, -0.2) is 36.0 Å². The lowest BCUT2D eigenvalue weighted by Gasteiger charge is -2.20. The van der Waals surface area contributed by atoms with E-state index in [0.717, 1.165) is 25.6 Å². The van der Waals surface area contributed by atoms with Crippen molar-refractivity contribution >= 4 is 5.96 Å². The number of hydrogen-bond acceptors (Lipinski definition) is 4. The van der Waals surface area contributed by atoms with E-state index in [1.807, 2.05) is 24.5 Å². The van der Waals surface area contributed by atoms with Crippen molar-refractivity contribution in [1.82, 2.24) is 15.2 Å². The maximum Gasteiger partial charge on any atom is 0.193 e. The van der Waals surface area contributed by atoms with Crippen molar-refractivity contribution in [2.75, 3.05) is 20.1 Å². The van der Waals surface area contributed by atoms with Crippen LogP contribution in [0.15, 0.2) is 29.5 Å². The van der Waals surface area contributed by atoms with Crippen molar-refractivity contribution < 1.29 is 0 Å². The number of nitrogens with zero attached hydrogens (tertiary/aromatic N) is 3. The number of rotatable bonds is 2. The molecule has 2 heterocycles. The van der Waals surface area contributed by atoms with Crippen LogP contribution < -0.4 is 5.32 Å². The number of hydrogen-bond donors (Lipinski definition) is 1. The highest BCUT2D eigenvalue weighted by Gasteiger charge is 2.08. The third kappa shape index (κ3) is 2.95. The molecule has 0 atom stereocenters. The normalized spacial score (nSPS) is 16.6. The molecule has 1 aromatic heterocycles. The second kappa shape index (κ2) is 5.49. The molecule has 4 nitrogen and oxygen atoms in total. The van der Waals surface area contributed by atoms with Gasteiger partial charge in [0.05, 0.1) is 0 Å². The van der Waals surface area contributed by atoms with E-state index in [1.165, 1.54) is 18.4 Å². The molecule has 0 unspecified atom stereocenters. The Kier molecular flexibility index (Phi) is 3.75. The van der Waals surface area contributed by atoms with E-state index in [4.69, 9.17) is 0 Å². The Bertz CT molecular complexity index is 347.